The number of benzene rings is 2. The van der Waals surface area contributed by atoms with Crippen molar-refractivity contribution in [1.29, 1.82) is 0 Å². The van der Waals surface area contributed by atoms with Gasteiger partial charge in [0.15, 0.2) is 5.76 Å². The Labute approximate surface area is 185 Å². The molecule has 0 aliphatic carbocycles. The molecule has 32 heavy (non-hydrogen) atoms. The summed E-state index contributed by atoms with van der Waals surface area (Å²) in [6.07, 6.45) is 1.43. The van der Waals surface area contributed by atoms with Crippen molar-refractivity contribution in [1.82, 2.24) is 10.2 Å². The van der Waals surface area contributed by atoms with Crippen LogP contribution in [0.5, 0.6) is 0 Å². The molecule has 2 aromatic carbocycles. The fourth-order valence-corrected chi connectivity index (χ4v) is 3.63. The minimum absolute atomic E-state index is 0.0877. The van der Waals surface area contributed by atoms with E-state index in [1.807, 2.05) is 0 Å². The number of nitrogens with zero attached hydrogens (tertiary/aromatic N) is 1. The quantitative estimate of drug-likeness (QED) is 0.591. The van der Waals surface area contributed by atoms with E-state index >= 15 is 0 Å². The molecule has 4 rings (SSSR count). The van der Waals surface area contributed by atoms with Crippen molar-refractivity contribution in [3.05, 3.63) is 89.6 Å². The number of rotatable bonds is 7. The number of halogens is 1. The van der Waals surface area contributed by atoms with Crippen LogP contribution in [0.1, 0.15) is 32.5 Å². The minimum Gasteiger partial charge on any atom is -0.459 e. The molecule has 1 saturated heterocycles. The van der Waals surface area contributed by atoms with E-state index in [9.17, 15) is 14.0 Å². The molecule has 2 heterocycles. The average molecular weight is 437 g/mol. The Hall–Kier alpha value is -3.49. The standard InChI is InChI=1S/C24H24FN3O4/c25-19-7-3-17(4-8-19)21(28-11-14-31-15-12-28)16-26-23(29)18-5-9-20(10-6-18)27-24(30)22-2-1-13-32-22/h1-10,13,21H,11-12,14-16H2,(H,26,29)(H,27,30)/t21-/m1/s1. The Morgan fingerprint density at radius 3 is 2.34 bits per heavy atom. The third kappa shape index (κ3) is 5.40. The smallest absolute Gasteiger partial charge is 0.291 e. The maximum absolute atomic E-state index is 13.4. The van der Waals surface area contributed by atoms with Gasteiger partial charge in [-0.25, -0.2) is 4.39 Å². The highest BCUT2D eigenvalue weighted by atomic mass is 19.1. The van der Waals surface area contributed by atoms with Crippen LogP contribution in [0.25, 0.3) is 0 Å². The predicted octanol–water partition coefficient (Wildman–Crippen LogP) is 3.47. The summed E-state index contributed by atoms with van der Waals surface area (Å²) in [6, 6.07) is 16.1. The van der Waals surface area contributed by atoms with E-state index in [4.69, 9.17) is 9.15 Å². The van der Waals surface area contributed by atoms with E-state index in [0.29, 0.717) is 31.0 Å². The first kappa shape index (κ1) is 21.7. The summed E-state index contributed by atoms with van der Waals surface area (Å²) >= 11 is 0. The topological polar surface area (TPSA) is 83.8 Å². The van der Waals surface area contributed by atoms with Crippen LogP contribution in [-0.4, -0.2) is 49.6 Å². The molecular formula is C24H24FN3O4. The van der Waals surface area contributed by atoms with Crippen LogP contribution < -0.4 is 10.6 Å². The summed E-state index contributed by atoms with van der Waals surface area (Å²) in [7, 11) is 0. The van der Waals surface area contributed by atoms with Crippen molar-refractivity contribution in [3.63, 3.8) is 0 Å². The van der Waals surface area contributed by atoms with E-state index in [2.05, 4.69) is 15.5 Å². The summed E-state index contributed by atoms with van der Waals surface area (Å²) in [5.41, 5.74) is 1.96. The molecule has 0 saturated carbocycles. The Balaban J connectivity index is 1.39. The van der Waals surface area contributed by atoms with Gasteiger partial charge in [0.1, 0.15) is 5.82 Å². The average Bonchev–Trinajstić information content (AvgIpc) is 3.37. The molecule has 8 heteroatoms. The molecule has 3 aromatic rings. The van der Waals surface area contributed by atoms with Gasteiger partial charge < -0.3 is 19.8 Å². The third-order valence-corrected chi connectivity index (χ3v) is 5.35. The number of carbonyl (C=O) groups is 2. The van der Waals surface area contributed by atoms with Gasteiger partial charge >= 0.3 is 0 Å². The highest BCUT2D eigenvalue weighted by Crippen LogP contribution is 2.22. The largest absolute Gasteiger partial charge is 0.459 e. The normalized spacial score (nSPS) is 15.2. The predicted molar refractivity (Wildman–Crippen MR) is 117 cm³/mol. The summed E-state index contributed by atoms with van der Waals surface area (Å²) in [6.45, 7) is 3.10. The van der Waals surface area contributed by atoms with Crippen molar-refractivity contribution < 1.29 is 23.1 Å². The lowest BCUT2D eigenvalue weighted by atomic mass is 10.0. The first-order valence-corrected chi connectivity index (χ1v) is 10.4. The van der Waals surface area contributed by atoms with Crippen molar-refractivity contribution in [2.24, 2.45) is 0 Å². The monoisotopic (exact) mass is 437 g/mol. The van der Waals surface area contributed by atoms with Gasteiger partial charge in [0, 0.05) is 30.9 Å². The lowest BCUT2D eigenvalue weighted by Gasteiger charge is -2.35. The minimum atomic E-state index is -0.361. The lowest BCUT2D eigenvalue weighted by molar-refractivity contribution is 0.0162. The van der Waals surface area contributed by atoms with Gasteiger partial charge in [0.2, 0.25) is 0 Å². The molecule has 7 nitrogen and oxygen atoms in total. The maximum atomic E-state index is 13.4. The maximum Gasteiger partial charge on any atom is 0.291 e. The molecule has 1 atom stereocenters. The van der Waals surface area contributed by atoms with Gasteiger partial charge in [0.05, 0.1) is 25.5 Å². The molecule has 0 radical (unpaired) electrons. The number of amides is 2. The molecule has 2 amide bonds. The molecule has 1 fully saturated rings. The Morgan fingerprint density at radius 2 is 1.69 bits per heavy atom. The van der Waals surface area contributed by atoms with E-state index < -0.39 is 0 Å². The fourth-order valence-electron chi connectivity index (χ4n) is 3.63. The summed E-state index contributed by atoms with van der Waals surface area (Å²) in [5, 5.41) is 5.69. The van der Waals surface area contributed by atoms with Gasteiger partial charge in [-0.15, -0.1) is 0 Å². The van der Waals surface area contributed by atoms with Gasteiger partial charge in [-0.3, -0.25) is 14.5 Å². The van der Waals surface area contributed by atoms with Crippen LogP contribution in [0.15, 0.2) is 71.3 Å². The van der Waals surface area contributed by atoms with E-state index in [0.717, 1.165) is 18.7 Å². The molecule has 0 unspecified atom stereocenters. The molecule has 0 bridgehead atoms. The number of anilines is 1. The van der Waals surface area contributed by atoms with Crippen LogP contribution in [0.4, 0.5) is 10.1 Å². The van der Waals surface area contributed by atoms with Gasteiger partial charge in [-0.1, -0.05) is 12.1 Å². The Kier molecular flexibility index (Phi) is 6.94. The molecular weight excluding hydrogens is 413 g/mol. The number of morpholine rings is 1. The van der Waals surface area contributed by atoms with Crippen molar-refractivity contribution >= 4 is 17.5 Å². The molecule has 166 valence electrons. The van der Waals surface area contributed by atoms with Crippen molar-refractivity contribution in [2.45, 2.75) is 6.04 Å². The van der Waals surface area contributed by atoms with Crippen LogP contribution in [0, 0.1) is 5.82 Å². The first-order valence-electron chi connectivity index (χ1n) is 10.4. The second kappa shape index (κ2) is 10.2. The number of hydrogen-bond donors (Lipinski definition) is 2. The molecule has 2 N–H and O–H groups in total. The van der Waals surface area contributed by atoms with Gasteiger partial charge in [-0.2, -0.15) is 0 Å². The Morgan fingerprint density at radius 1 is 0.969 bits per heavy atom. The van der Waals surface area contributed by atoms with Gasteiger partial charge in [0.25, 0.3) is 11.8 Å². The zero-order valence-electron chi connectivity index (χ0n) is 17.4. The second-order valence-electron chi connectivity index (χ2n) is 7.43. The van der Waals surface area contributed by atoms with E-state index in [1.165, 1.54) is 18.4 Å². The number of hydrogen-bond acceptors (Lipinski definition) is 5. The Bertz CT molecular complexity index is 1030. The first-order chi connectivity index (χ1) is 15.6. The summed E-state index contributed by atoms with van der Waals surface area (Å²) in [4.78, 5) is 27.0. The van der Waals surface area contributed by atoms with Crippen molar-refractivity contribution in [3.8, 4) is 0 Å². The van der Waals surface area contributed by atoms with Crippen molar-refractivity contribution in [2.75, 3.05) is 38.2 Å². The van der Waals surface area contributed by atoms with E-state index in [-0.39, 0.29) is 29.4 Å². The number of ether oxygens (including phenoxy) is 1. The molecule has 1 aromatic heterocycles. The molecule has 0 spiro atoms. The second-order valence-corrected chi connectivity index (χ2v) is 7.43. The van der Waals surface area contributed by atoms with Crippen LogP contribution >= 0.6 is 0 Å². The zero-order valence-corrected chi connectivity index (χ0v) is 17.4. The molecule has 1 aliphatic rings. The number of nitrogens with one attached hydrogen (secondary N) is 2. The number of carbonyl (C=O) groups excluding carboxylic acids is 2. The van der Waals surface area contributed by atoms with Gasteiger partial charge in [-0.05, 0) is 54.1 Å². The molecule has 1 aliphatic heterocycles. The zero-order chi connectivity index (χ0) is 22.3. The summed E-state index contributed by atoms with van der Waals surface area (Å²) < 4.78 is 23.9. The fraction of sp³-hybridized carbons (Fsp3) is 0.250. The highest BCUT2D eigenvalue weighted by molar-refractivity contribution is 6.02. The van der Waals surface area contributed by atoms with Crippen LogP contribution in [0.2, 0.25) is 0 Å². The van der Waals surface area contributed by atoms with Crippen LogP contribution in [0.3, 0.4) is 0 Å². The number of furan rings is 1. The SMILES string of the molecule is O=C(NC[C@H](c1ccc(F)cc1)N1CCOCC1)c1ccc(NC(=O)c2ccco2)cc1. The van der Waals surface area contributed by atoms with Crippen LogP contribution in [-0.2, 0) is 4.74 Å². The van der Waals surface area contributed by atoms with E-state index in [1.54, 1.807) is 48.5 Å². The third-order valence-electron chi connectivity index (χ3n) is 5.35. The highest BCUT2D eigenvalue weighted by Gasteiger charge is 2.23. The lowest BCUT2D eigenvalue weighted by Crippen LogP contribution is -2.43. The summed E-state index contributed by atoms with van der Waals surface area (Å²) in [5.74, 6) is -0.673.